The van der Waals surface area contributed by atoms with Crippen molar-refractivity contribution < 1.29 is 17.2 Å². The van der Waals surface area contributed by atoms with E-state index < -0.39 is 27.6 Å². The summed E-state index contributed by atoms with van der Waals surface area (Å²) >= 11 is 0. The molecule has 0 amide bonds. The van der Waals surface area contributed by atoms with Crippen molar-refractivity contribution in [3.63, 3.8) is 0 Å². The van der Waals surface area contributed by atoms with Crippen molar-refractivity contribution in [3.05, 3.63) is 88.7 Å². The van der Waals surface area contributed by atoms with Crippen LogP contribution in [0.1, 0.15) is 35.2 Å². The Labute approximate surface area is 179 Å². The van der Waals surface area contributed by atoms with Crippen molar-refractivity contribution in [3.8, 4) is 0 Å². The lowest BCUT2D eigenvalue weighted by atomic mass is 9.91. The Morgan fingerprint density at radius 2 is 1.94 bits per heavy atom. The predicted molar refractivity (Wildman–Crippen MR) is 114 cm³/mol. The van der Waals surface area contributed by atoms with Crippen LogP contribution in [-0.2, 0) is 16.6 Å². The maximum atomic E-state index is 14.9. The monoisotopic (exact) mass is 442 g/mol. The predicted octanol–water partition coefficient (Wildman–Crippen LogP) is 4.08. The minimum atomic E-state index is -3.96. The molecule has 1 aliphatic heterocycles. The number of aliphatic imine (C=N–C) groups is 1. The molecule has 0 radical (unpaired) electrons. The van der Waals surface area contributed by atoms with E-state index in [-0.39, 0.29) is 28.7 Å². The normalized spacial score (nSPS) is 16.8. The largest absolute Gasteiger partial charge is 0.324 e. The molecule has 0 unspecified atom stereocenters. The zero-order valence-corrected chi connectivity index (χ0v) is 17.7. The van der Waals surface area contributed by atoms with Crippen LogP contribution in [0.5, 0.6) is 0 Å². The Morgan fingerprint density at radius 1 is 1.13 bits per heavy atom. The Bertz CT molecular complexity index is 1290. The maximum Gasteiger partial charge on any atom is 0.266 e. The zero-order valence-electron chi connectivity index (χ0n) is 16.9. The third-order valence-corrected chi connectivity index (χ3v) is 6.46. The molecule has 0 aliphatic carbocycles. The van der Waals surface area contributed by atoms with Gasteiger partial charge in [0.2, 0.25) is 5.96 Å². The summed E-state index contributed by atoms with van der Waals surface area (Å²) in [6.45, 7) is 3.67. The van der Waals surface area contributed by atoms with Crippen molar-refractivity contribution in [2.24, 2.45) is 4.99 Å². The topological polar surface area (TPSA) is 83.5 Å². The van der Waals surface area contributed by atoms with Gasteiger partial charge in [-0.25, -0.2) is 26.9 Å². The van der Waals surface area contributed by atoms with Gasteiger partial charge in [-0.15, -0.1) is 0 Å². The van der Waals surface area contributed by atoms with E-state index in [4.69, 9.17) is 0 Å². The van der Waals surface area contributed by atoms with Crippen molar-refractivity contribution in [2.75, 3.05) is 5.32 Å². The second-order valence-electron chi connectivity index (χ2n) is 7.31. The summed E-state index contributed by atoms with van der Waals surface area (Å²) in [7, 11) is -3.96. The molecule has 2 N–H and O–H groups in total. The summed E-state index contributed by atoms with van der Waals surface area (Å²) in [5.74, 6) is -1.44. The fourth-order valence-corrected chi connectivity index (χ4v) is 4.71. The third-order valence-electron chi connectivity index (χ3n) is 5.08. The van der Waals surface area contributed by atoms with Gasteiger partial charge in [-0.3, -0.25) is 4.98 Å². The molecule has 1 aromatic heterocycles. The first-order valence-corrected chi connectivity index (χ1v) is 11.1. The lowest BCUT2D eigenvalue weighted by molar-refractivity contribution is 0.586. The van der Waals surface area contributed by atoms with Crippen molar-refractivity contribution in [2.45, 2.75) is 31.2 Å². The Balaban J connectivity index is 1.76. The van der Waals surface area contributed by atoms with Crippen LogP contribution < -0.4 is 10.0 Å². The second-order valence-corrected chi connectivity index (χ2v) is 8.96. The average Bonchev–Trinajstić information content (AvgIpc) is 2.71. The van der Waals surface area contributed by atoms with Crippen LogP contribution in [0.25, 0.3) is 0 Å². The number of benzene rings is 2. The number of halogens is 2. The van der Waals surface area contributed by atoms with E-state index >= 15 is 0 Å². The Kier molecular flexibility index (Phi) is 5.45. The highest BCUT2D eigenvalue weighted by atomic mass is 32.2. The smallest absolute Gasteiger partial charge is 0.266 e. The summed E-state index contributed by atoms with van der Waals surface area (Å²) in [5.41, 5.74) is 2.50. The highest BCUT2D eigenvalue weighted by molar-refractivity contribution is 7.90. The lowest BCUT2D eigenvalue weighted by Gasteiger charge is -2.26. The number of hydrogen-bond donors (Lipinski definition) is 2. The first kappa shape index (κ1) is 20.9. The molecular weight excluding hydrogens is 422 g/mol. The van der Waals surface area contributed by atoms with Gasteiger partial charge in [0.1, 0.15) is 16.5 Å². The minimum absolute atomic E-state index is 0.0434. The van der Waals surface area contributed by atoms with Crippen LogP contribution in [0.3, 0.4) is 0 Å². The second kappa shape index (κ2) is 8.07. The van der Waals surface area contributed by atoms with E-state index in [1.54, 1.807) is 31.3 Å². The van der Waals surface area contributed by atoms with Gasteiger partial charge < -0.3 is 5.32 Å². The first-order chi connectivity index (χ1) is 14.7. The van der Waals surface area contributed by atoms with Crippen molar-refractivity contribution in [1.82, 2.24) is 9.71 Å². The fourth-order valence-electron chi connectivity index (χ4n) is 3.56. The summed E-state index contributed by atoms with van der Waals surface area (Å²) in [6.07, 6.45) is 1.63. The number of sulfonamides is 1. The van der Waals surface area contributed by atoms with E-state index in [0.29, 0.717) is 5.56 Å². The third kappa shape index (κ3) is 4.27. The number of hydrogen-bond acceptors (Lipinski definition) is 4. The Morgan fingerprint density at radius 3 is 2.68 bits per heavy atom. The van der Waals surface area contributed by atoms with Gasteiger partial charge >= 0.3 is 0 Å². The summed E-state index contributed by atoms with van der Waals surface area (Å²) in [4.78, 5) is 8.32. The van der Waals surface area contributed by atoms with Crippen LogP contribution in [-0.4, -0.2) is 19.4 Å². The zero-order chi connectivity index (χ0) is 22.2. The minimum Gasteiger partial charge on any atom is -0.324 e. The van der Waals surface area contributed by atoms with E-state index in [1.807, 2.05) is 13.0 Å². The van der Waals surface area contributed by atoms with E-state index in [0.717, 1.165) is 17.3 Å². The number of aryl methyl sites for hydroxylation is 1. The highest BCUT2D eigenvalue weighted by Gasteiger charge is 2.32. The number of anilines is 1. The molecule has 3 aromatic rings. The Hall–Kier alpha value is -3.33. The van der Waals surface area contributed by atoms with Gasteiger partial charge in [0, 0.05) is 23.4 Å². The molecule has 4 rings (SSSR count). The van der Waals surface area contributed by atoms with E-state index in [2.05, 4.69) is 20.0 Å². The molecular formula is C22H20F2N4O2S. The number of nitrogens with zero attached hydrogens (tertiary/aromatic N) is 2. The molecule has 1 atom stereocenters. The lowest BCUT2D eigenvalue weighted by Crippen LogP contribution is -2.41. The van der Waals surface area contributed by atoms with Gasteiger partial charge in [0.05, 0.1) is 12.2 Å². The molecule has 1 aliphatic rings. The molecule has 0 bridgehead atoms. The van der Waals surface area contributed by atoms with Gasteiger partial charge in [-0.05, 0) is 54.4 Å². The SMILES string of the molecule is Cc1cc([C@H](C)c2c(F)ccc3c2NC(=NCc2cccc(F)c2)NS3(=O)=O)ccn1. The quantitative estimate of drug-likeness (QED) is 0.638. The van der Waals surface area contributed by atoms with Crippen LogP contribution in [0.4, 0.5) is 14.5 Å². The van der Waals surface area contributed by atoms with Crippen LogP contribution in [0.15, 0.2) is 64.6 Å². The number of rotatable bonds is 4. The van der Waals surface area contributed by atoms with Gasteiger partial charge in [-0.2, -0.15) is 0 Å². The van der Waals surface area contributed by atoms with Crippen molar-refractivity contribution >= 4 is 21.7 Å². The average molecular weight is 442 g/mol. The van der Waals surface area contributed by atoms with Gasteiger partial charge in [-0.1, -0.05) is 19.1 Å². The molecule has 0 fully saturated rings. The molecule has 160 valence electrons. The van der Waals surface area contributed by atoms with E-state index in [9.17, 15) is 17.2 Å². The fraction of sp³-hybridized carbons (Fsp3) is 0.182. The molecule has 2 heterocycles. The van der Waals surface area contributed by atoms with E-state index in [1.165, 1.54) is 18.2 Å². The summed E-state index contributed by atoms with van der Waals surface area (Å²) in [5, 5.41) is 2.92. The van der Waals surface area contributed by atoms with Crippen LogP contribution in [0, 0.1) is 18.6 Å². The standard InChI is InChI=1S/C22H20F2N4O2S/c1-13-10-16(8-9-25-13)14(2)20-18(24)6-7-19-21(20)27-22(28-31(19,29)30)26-12-15-4-3-5-17(23)11-15/h3-11,14H,12H2,1-2H3,(H2,26,27,28)/t14-/m0/s1. The summed E-state index contributed by atoms with van der Waals surface area (Å²) in [6, 6.07) is 11.8. The molecule has 0 saturated carbocycles. The number of fused-ring (bicyclic) bond motifs is 1. The van der Waals surface area contributed by atoms with Crippen molar-refractivity contribution in [1.29, 1.82) is 0 Å². The van der Waals surface area contributed by atoms with Crippen LogP contribution >= 0.6 is 0 Å². The highest BCUT2D eigenvalue weighted by Crippen LogP contribution is 2.38. The number of nitrogens with one attached hydrogen (secondary N) is 2. The summed E-state index contributed by atoms with van der Waals surface area (Å²) < 4.78 is 56.3. The molecule has 2 aromatic carbocycles. The first-order valence-electron chi connectivity index (χ1n) is 9.58. The number of aromatic nitrogens is 1. The van der Waals surface area contributed by atoms with Gasteiger partial charge in [0.15, 0.2) is 0 Å². The molecule has 6 nitrogen and oxygen atoms in total. The van der Waals surface area contributed by atoms with Crippen LogP contribution in [0.2, 0.25) is 0 Å². The van der Waals surface area contributed by atoms with Gasteiger partial charge in [0.25, 0.3) is 10.0 Å². The number of guanidine groups is 1. The molecule has 0 saturated heterocycles. The number of pyridine rings is 1. The molecule has 0 spiro atoms. The molecule has 9 heteroatoms. The maximum absolute atomic E-state index is 14.9. The molecule has 31 heavy (non-hydrogen) atoms.